The van der Waals surface area contributed by atoms with Gasteiger partial charge in [0, 0.05) is 31.0 Å². The highest BCUT2D eigenvalue weighted by Gasteiger charge is 2.35. The summed E-state index contributed by atoms with van der Waals surface area (Å²) >= 11 is 0. The van der Waals surface area contributed by atoms with E-state index in [0.717, 1.165) is 19.1 Å². The fourth-order valence-corrected chi connectivity index (χ4v) is 3.38. The van der Waals surface area contributed by atoms with Crippen molar-refractivity contribution >= 4 is 27.4 Å². The Labute approximate surface area is 149 Å². The van der Waals surface area contributed by atoms with Crippen molar-refractivity contribution in [2.75, 3.05) is 50.1 Å². The largest absolute Gasteiger partial charge is 0.381 e. The number of hydrogen-bond acceptors (Lipinski definition) is 5. The van der Waals surface area contributed by atoms with Crippen LogP contribution in [0.15, 0.2) is 24.3 Å². The lowest BCUT2D eigenvalue weighted by Crippen LogP contribution is -2.56. The van der Waals surface area contributed by atoms with Crippen LogP contribution in [-0.2, 0) is 14.8 Å². The van der Waals surface area contributed by atoms with Gasteiger partial charge in [-0.2, -0.15) is 0 Å². The molecule has 1 aromatic rings. The molecular formula is C16H26N4O4S. The van der Waals surface area contributed by atoms with E-state index in [9.17, 15) is 13.2 Å². The number of nitrogens with one attached hydrogen (secondary N) is 3. The van der Waals surface area contributed by atoms with Crippen LogP contribution in [0.3, 0.4) is 0 Å². The van der Waals surface area contributed by atoms with Gasteiger partial charge in [0.2, 0.25) is 10.0 Å². The van der Waals surface area contributed by atoms with E-state index < -0.39 is 10.0 Å². The lowest BCUT2D eigenvalue weighted by atomic mass is 9.88. The third-order valence-corrected chi connectivity index (χ3v) is 4.98. The van der Waals surface area contributed by atoms with Crippen molar-refractivity contribution in [1.82, 2.24) is 10.2 Å². The zero-order chi connectivity index (χ0) is 18.5. The second-order valence-electron chi connectivity index (χ2n) is 6.49. The zero-order valence-electron chi connectivity index (χ0n) is 14.8. The summed E-state index contributed by atoms with van der Waals surface area (Å²) in [5.74, 6) is 0. The van der Waals surface area contributed by atoms with Crippen LogP contribution in [0.5, 0.6) is 0 Å². The van der Waals surface area contributed by atoms with Gasteiger partial charge in [0.15, 0.2) is 0 Å². The van der Waals surface area contributed by atoms with Gasteiger partial charge in [-0.3, -0.25) is 4.72 Å². The lowest BCUT2D eigenvalue weighted by Gasteiger charge is -2.42. The number of nitrogens with zero attached hydrogens (tertiary/aromatic N) is 1. The van der Waals surface area contributed by atoms with Crippen LogP contribution in [0.25, 0.3) is 0 Å². The number of hydrogen-bond donors (Lipinski definition) is 3. The monoisotopic (exact) mass is 370 g/mol. The molecule has 8 nitrogen and oxygen atoms in total. The Hall–Kier alpha value is -1.84. The molecule has 0 spiro atoms. The molecule has 25 heavy (non-hydrogen) atoms. The first-order chi connectivity index (χ1) is 11.7. The van der Waals surface area contributed by atoms with Gasteiger partial charge in [0.1, 0.15) is 0 Å². The third kappa shape index (κ3) is 5.87. The number of likely N-dealkylation sites (N-methyl/N-ethyl adjacent to an activating group) is 1. The summed E-state index contributed by atoms with van der Waals surface area (Å²) in [5, 5.41) is 5.63. The number of benzene rings is 1. The maximum atomic E-state index is 12.2. The molecule has 1 aromatic carbocycles. The van der Waals surface area contributed by atoms with E-state index in [4.69, 9.17) is 4.74 Å². The molecule has 1 saturated heterocycles. The Morgan fingerprint density at radius 2 is 1.88 bits per heavy atom. The van der Waals surface area contributed by atoms with Gasteiger partial charge in [-0.25, -0.2) is 13.2 Å². The highest BCUT2D eigenvalue weighted by atomic mass is 32.2. The first kappa shape index (κ1) is 19.5. The van der Waals surface area contributed by atoms with Gasteiger partial charge in [-0.05, 0) is 45.1 Å². The van der Waals surface area contributed by atoms with Crippen LogP contribution in [0.2, 0.25) is 0 Å². The number of carbonyl (C=O) groups is 1. The summed E-state index contributed by atoms with van der Waals surface area (Å²) in [4.78, 5) is 14.3. The van der Waals surface area contributed by atoms with Gasteiger partial charge in [0.25, 0.3) is 0 Å². The van der Waals surface area contributed by atoms with Crippen LogP contribution >= 0.6 is 0 Å². The number of ether oxygens (including phenoxy) is 1. The van der Waals surface area contributed by atoms with Gasteiger partial charge >= 0.3 is 6.03 Å². The molecular weight excluding hydrogens is 344 g/mol. The fourth-order valence-electron chi connectivity index (χ4n) is 2.83. The Bertz CT molecular complexity index is 700. The average Bonchev–Trinajstić information content (AvgIpc) is 2.52. The minimum absolute atomic E-state index is 0.116. The third-order valence-electron chi connectivity index (χ3n) is 4.37. The molecule has 1 heterocycles. The van der Waals surface area contributed by atoms with Crippen LogP contribution < -0.4 is 15.4 Å². The molecule has 0 radical (unpaired) electrons. The average molecular weight is 370 g/mol. The van der Waals surface area contributed by atoms with Crippen molar-refractivity contribution < 1.29 is 17.9 Å². The molecule has 1 aliphatic rings. The SMILES string of the molecule is CN(C)C1(CNC(=O)Nc2cccc(NS(C)(=O)=O)c2)CCOCC1. The molecule has 0 aliphatic carbocycles. The molecule has 1 fully saturated rings. The standard InChI is InChI=1S/C16H26N4O4S/c1-20(2)16(7-9-24-10-8-16)12-17-15(21)18-13-5-4-6-14(11-13)19-25(3,22)23/h4-6,11,19H,7-10,12H2,1-3H3,(H2,17,18,21). The first-order valence-electron chi connectivity index (χ1n) is 8.08. The molecule has 2 rings (SSSR count). The molecule has 0 atom stereocenters. The van der Waals surface area contributed by atoms with E-state index >= 15 is 0 Å². The zero-order valence-corrected chi connectivity index (χ0v) is 15.6. The van der Waals surface area contributed by atoms with Crippen molar-refractivity contribution in [2.45, 2.75) is 18.4 Å². The molecule has 140 valence electrons. The molecule has 9 heteroatoms. The van der Waals surface area contributed by atoms with E-state index in [2.05, 4.69) is 20.3 Å². The van der Waals surface area contributed by atoms with Crippen molar-refractivity contribution in [3.05, 3.63) is 24.3 Å². The topological polar surface area (TPSA) is 99.8 Å². The second kappa shape index (κ2) is 8.03. The number of rotatable bonds is 6. The molecule has 2 amide bonds. The highest BCUT2D eigenvalue weighted by Crippen LogP contribution is 2.25. The Morgan fingerprint density at radius 3 is 2.48 bits per heavy atom. The van der Waals surface area contributed by atoms with Crippen molar-refractivity contribution in [3.63, 3.8) is 0 Å². The lowest BCUT2D eigenvalue weighted by molar-refractivity contribution is -0.00553. The summed E-state index contributed by atoms with van der Waals surface area (Å²) in [5.41, 5.74) is 0.793. The maximum absolute atomic E-state index is 12.2. The van der Waals surface area contributed by atoms with Gasteiger partial charge < -0.3 is 20.3 Å². The number of amides is 2. The predicted molar refractivity (Wildman–Crippen MR) is 98.4 cm³/mol. The fraction of sp³-hybridized carbons (Fsp3) is 0.562. The second-order valence-corrected chi connectivity index (χ2v) is 8.24. The number of anilines is 2. The summed E-state index contributed by atoms with van der Waals surface area (Å²) in [7, 11) is 0.650. The van der Waals surface area contributed by atoms with Crippen LogP contribution in [-0.4, -0.2) is 65.0 Å². The van der Waals surface area contributed by atoms with Gasteiger partial charge in [-0.15, -0.1) is 0 Å². The Morgan fingerprint density at radius 1 is 1.24 bits per heavy atom. The van der Waals surface area contributed by atoms with Crippen LogP contribution in [0.1, 0.15) is 12.8 Å². The van der Waals surface area contributed by atoms with E-state index in [1.54, 1.807) is 24.3 Å². The van der Waals surface area contributed by atoms with E-state index in [1.165, 1.54) is 0 Å². The number of carbonyl (C=O) groups excluding carboxylic acids is 1. The summed E-state index contributed by atoms with van der Waals surface area (Å²) in [6, 6.07) is 6.22. The first-order valence-corrected chi connectivity index (χ1v) is 9.97. The number of urea groups is 1. The van der Waals surface area contributed by atoms with Crippen molar-refractivity contribution in [2.24, 2.45) is 0 Å². The summed E-state index contributed by atoms with van der Waals surface area (Å²) in [6.07, 6.45) is 2.79. The molecule has 0 unspecified atom stereocenters. The van der Waals surface area contributed by atoms with E-state index in [0.29, 0.717) is 31.1 Å². The van der Waals surface area contributed by atoms with Crippen molar-refractivity contribution in [1.29, 1.82) is 0 Å². The van der Waals surface area contributed by atoms with Crippen LogP contribution in [0, 0.1) is 0 Å². The summed E-state index contributed by atoms with van der Waals surface area (Å²) < 4.78 is 30.4. The van der Waals surface area contributed by atoms with E-state index in [-0.39, 0.29) is 11.6 Å². The van der Waals surface area contributed by atoms with Crippen molar-refractivity contribution in [3.8, 4) is 0 Å². The van der Waals surface area contributed by atoms with Gasteiger partial charge in [0.05, 0.1) is 11.9 Å². The normalized spacial score (nSPS) is 17.1. The smallest absolute Gasteiger partial charge is 0.319 e. The Balaban J connectivity index is 1.94. The Kier molecular flexibility index (Phi) is 6.26. The summed E-state index contributed by atoms with van der Waals surface area (Å²) in [6.45, 7) is 1.87. The predicted octanol–water partition coefficient (Wildman–Crippen LogP) is 1.29. The van der Waals surface area contributed by atoms with Gasteiger partial charge in [-0.1, -0.05) is 6.07 Å². The number of sulfonamides is 1. The van der Waals surface area contributed by atoms with E-state index in [1.807, 2.05) is 14.1 Å². The minimum Gasteiger partial charge on any atom is -0.381 e. The molecule has 0 bridgehead atoms. The quantitative estimate of drug-likeness (QED) is 0.701. The molecule has 0 aromatic heterocycles. The molecule has 3 N–H and O–H groups in total. The highest BCUT2D eigenvalue weighted by molar-refractivity contribution is 7.92. The van der Waals surface area contributed by atoms with Crippen LogP contribution in [0.4, 0.5) is 16.2 Å². The maximum Gasteiger partial charge on any atom is 0.319 e. The molecule has 1 aliphatic heterocycles. The minimum atomic E-state index is -3.36. The molecule has 0 saturated carbocycles.